The molecule has 0 saturated heterocycles. The standard InChI is InChI=1S/C8H15F6NO7S2Si/c1-4-20-25(21-5-2,22-6-3)15(23(16,17)7(9,10)11)24(18,19)8(12,13)14/h4-6H2,1-3H3. The fourth-order valence-electron chi connectivity index (χ4n) is 1.44. The molecule has 152 valence electrons. The molecule has 0 aromatic carbocycles. The molecule has 0 aliphatic carbocycles. The topological polar surface area (TPSA) is 99.2 Å². The first-order chi connectivity index (χ1) is 11.0. The maximum absolute atomic E-state index is 12.8. The Hall–Kier alpha value is -0.463. The Kier molecular flexibility index (Phi) is 7.90. The molecule has 0 heterocycles. The van der Waals surface area contributed by atoms with Crippen molar-refractivity contribution in [1.82, 2.24) is 3.38 Å². The van der Waals surface area contributed by atoms with Gasteiger partial charge in [0.15, 0.2) is 0 Å². The summed E-state index contributed by atoms with van der Waals surface area (Å²) in [7, 11) is -19.9. The van der Waals surface area contributed by atoms with E-state index in [0.717, 1.165) is 20.8 Å². The Morgan fingerprint density at radius 2 is 0.960 bits per heavy atom. The molecule has 17 heteroatoms. The van der Waals surface area contributed by atoms with E-state index in [2.05, 4.69) is 13.3 Å². The van der Waals surface area contributed by atoms with E-state index in [-0.39, 0.29) is 0 Å². The van der Waals surface area contributed by atoms with Crippen LogP contribution < -0.4 is 0 Å². The van der Waals surface area contributed by atoms with Crippen molar-refractivity contribution in [1.29, 1.82) is 0 Å². The van der Waals surface area contributed by atoms with Gasteiger partial charge in [0.05, 0.1) is 0 Å². The highest BCUT2D eigenvalue weighted by Gasteiger charge is 2.73. The summed E-state index contributed by atoms with van der Waals surface area (Å²) in [5.41, 5.74) is -12.8. The summed E-state index contributed by atoms with van der Waals surface area (Å²) in [6.45, 7) is 1.13. The average molecular weight is 443 g/mol. The van der Waals surface area contributed by atoms with Crippen LogP contribution in [0, 0.1) is 0 Å². The second-order valence-electron chi connectivity index (χ2n) is 3.92. The number of rotatable bonds is 9. The summed E-state index contributed by atoms with van der Waals surface area (Å²) in [4.78, 5) is 0. The van der Waals surface area contributed by atoms with Crippen LogP contribution in [-0.2, 0) is 33.3 Å². The minimum absolute atomic E-state index is 0.691. The van der Waals surface area contributed by atoms with Gasteiger partial charge in [0.2, 0.25) is 0 Å². The zero-order valence-corrected chi connectivity index (χ0v) is 15.6. The molecule has 0 saturated carbocycles. The van der Waals surface area contributed by atoms with Crippen molar-refractivity contribution in [2.45, 2.75) is 31.8 Å². The second-order valence-corrected chi connectivity index (χ2v) is 10.7. The first kappa shape index (κ1) is 24.5. The van der Waals surface area contributed by atoms with Crippen LogP contribution in [0.25, 0.3) is 0 Å². The number of hydrogen-bond acceptors (Lipinski definition) is 7. The van der Waals surface area contributed by atoms with E-state index in [4.69, 9.17) is 0 Å². The Morgan fingerprint density at radius 1 is 0.720 bits per heavy atom. The van der Waals surface area contributed by atoms with E-state index < -0.39 is 63.2 Å². The van der Waals surface area contributed by atoms with Gasteiger partial charge in [-0.25, -0.2) is 16.8 Å². The molecule has 0 fully saturated rings. The van der Waals surface area contributed by atoms with Crippen LogP contribution in [-0.4, -0.2) is 60.0 Å². The molecule has 8 nitrogen and oxygen atoms in total. The van der Waals surface area contributed by atoms with E-state index in [0.29, 0.717) is 0 Å². The average Bonchev–Trinajstić information content (AvgIpc) is 2.36. The Balaban J connectivity index is 6.97. The third-order valence-electron chi connectivity index (χ3n) is 2.23. The van der Waals surface area contributed by atoms with Crippen molar-refractivity contribution < 1.29 is 56.5 Å². The van der Waals surface area contributed by atoms with Gasteiger partial charge in [0, 0.05) is 19.8 Å². The molecular formula is C8H15F6NO7S2Si. The fraction of sp³-hybridized carbons (Fsp3) is 1.00. The highest BCUT2D eigenvalue weighted by molar-refractivity contribution is 8.06. The quantitative estimate of drug-likeness (QED) is 0.394. The maximum Gasteiger partial charge on any atom is 0.628 e. The third kappa shape index (κ3) is 4.83. The first-order valence-corrected chi connectivity index (χ1v) is 10.9. The third-order valence-corrected chi connectivity index (χ3v) is 10.6. The monoisotopic (exact) mass is 443 g/mol. The lowest BCUT2D eigenvalue weighted by atomic mass is 10.9. The summed E-state index contributed by atoms with van der Waals surface area (Å²) in [5, 5.41) is 0. The molecular weight excluding hydrogens is 428 g/mol. The highest BCUT2D eigenvalue weighted by Crippen LogP contribution is 2.39. The normalized spacial score (nSPS) is 15.0. The molecule has 0 N–H and O–H groups in total. The van der Waals surface area contributed by atoms with E-state index in [1.165, 1.54) is 0 Å². The molecule has 0 bridgehead atoms. The van der Waals surface area contributed by atoms with Gasteiger partial charge >= 0.3 is 40.0 Å². The highest BCUT2D eigenvalue weighted by atomic mass is 32.3. The molecule has 0 radical (unpaired) electrons. The molecule has 0 rings (SSSR count). The first-order valence-electron chi connectivity index (χ1n) is 6.40. The van der Waals surface area contributed by atoms with Gasteiger partial charge in [-0.2, -0.15) is 26.3 Å². The largest absolute Gasteiger partial charge is 0.628 e. The lowest BCUT2D eigenvalue weighted by Crippen LogP contribution is -2.68. The second kappa shape index (κ2) is 8.05. The Morgan fingerprint density at radius 3 is 1.12 bits per heavy atom. The van der Waals surface area contributed by atoms with Gasteiger partial charge in [-0.05, 0) is 24.1 Å². The minimum Gasteiger partial charge on any atom is -0.360 e. The zero-order chi connectivity index (χ0) is 20.3. The van der Waals surface area contributed by atoms with E-state index in [9.17, 15) is 43.2 Å². The minimum atomic E-state index is -7.09. The zero-order valence-electron chi connectivity index (χ0n) is 13.0. The van der Waals surface area contributed by atoms with Crippen molar-refractivity contribution >= 4 is 29.0 Å². The van der Waals surface area contributed by atoms with Crippen LogP contribution >= 0.6 is 0 Å². The van der Waals surface area contributed by atoms with Crippen LogP contribution in [0.2, 0.25) is 0 Å². The van der Waals surface area contributed by atoms with Gasteiger partial charge in [-0.15, -0.1) is 0 Å². The fourth-order valence-corrected chi connectivity index (χ4v) is 8.94. The van der Waals surface area contributed by atoms with Gasteiger partial charge in [-0.3, -0.25) is 0 Å². The summed E-state index contributed by atoms with van der Waals surface area (Å²) in [6.07, 6.45) is 0. The molecule has 0 aromatic rings. The molecule has 0 aromatic heterocycles. The van der Waals surface area contributed by atoms with Gasteiger partial charge < -0.3 is 13.3 Å². The molecule has 25 heavy (non-hydrogen) atoms. The summed E-state index contributed by atoms with van der Waals surface area (Å²) >= 11 is 0. The molecule has 0 spiro atoms. The van der Waals surface area contributed by atoms with Crippen molar-refractivity contribution in [3.8, 4) is 0 Å². The molecule has 0 aliphatic rings. The Bertz CT molecular complexity index is 586. The maximum atomic E-state index is 12.8. The smallest absolute Gasteiger partial charge is 0.360 e. The summed E-state index contributed by atoms with van der Waals surface area (Å²) in [6, 6.07) is 0. The van der Waals surface area contributed by atoms with Gasteiger partial charge in [-0.1, -0.05) is 0 Å². The van der Waals surface area contributed by atoms with Crippen LogP contribution in [0.4, 0.5) is 26.3 Å². The summed E-state index contributed by atoms with van der Waals surface area (Å²) in [5.74, 6) is 0. The lowest BCUT2D eigenvalue weighted by molar-refractivity contribution is -0.0557. The van der Waals surface area contributed by atoms with Crippen LogP contribution in [0.3, 0.4) is 0 Å². The van der Waals surface area contributed by atoms with Crippen LogP contribution in [0.5, 0.6) is 0 Å². The van der Waals surface area contributed by atoms with E-state index in [1.54, 1.807) is 0 Å². The number of nitrogens with zero attached hydrogens (tertiary/aromatic N) is 1. The number of halogens is 6. The van der Waals surface area contributed by atoms with Crippen molar-refractivity contribution in [2.24, 2.45) is 0 Å². The predicted octanol–water partition coefficient (Wildman–Crippen LogP) is 1.53. The molecule has 0 unspecified atom stereocenters. The number of hydrogen-bond donors (Lipinski definition) is 0. The van der Waals surface area contributed by atoms with E-state index in [1.807, 2.05) is 0 Å². The Labute approximate surface area is 141 Å². The van der Waals surface area contributed by atoms with Crippen molar-refractivity contribution in [3.05, 3.63) is 0 Å². The lowest BCUT2D eigenvalue weighted by Gasteiger charge is -2.35. The summed E-state index contributed by atoms with van der Waals surface area (Å²) < 4.78 is 136. The molecule has 0 atom stereocenters. The van der Waals surface area contributed by atoms with Crippen LogP contribution in [0.15, 0.2) is 0 Å². The molecule has 0 amide bonds. The SMILES string of the molecule is CCO[Si](OCC)(OCC)N(S(=O)(=O)C(F)(F)F)S(=O)(=O)C(F)(F)F. The van der Waals surface area contributed by atoms with E-state index >= 15 is 0 Å². The predicted molar refractivity (Wildman–Crippen MR) is 72.4 cm³/mol. The van der Waals surface area contributed by atoms with Crippen LogP contribution in [0.1, 0.15) is 20.8 Å². The number of sulfonamides is 2. The van der Waals surface area contributed by atoms with Crippen molar-refractivity contribution in [3.63, 3.8) is 0 Å². The number of alkyl halides is 6. The van der Waals surface area contributed by atoms with Gasteiger partial charge in [0.25, 0.3) is 0 Å². The molecule has 0 aliphatic heterocycles. The van der Waals surface area contributed by atoms with Crippen molar-refractivity contribution in [2.75, 3.05) is 19.8 Å². The van der Waals surface area contributed by atoms with Gasteiger partial charge in [0.1, 0.15) is 0 Å².